The fourth-order valence-corrected chi connectivity index (χ4v) is 2.40. The SMILES string of the molecule is CCNC(=O)C(C)(C)CNC(=NC)NCc1ccc(C)cc1OC(C)CC. The summed E-state index contributed by atoms with van der Waals surface area (Å²) in [5, 5.41) is 9.41. The van der Waals surface area contributed by atoms with E-state index in [1.807, 2.05) is 20.8 Å². The van der Waals surface area contributed by atoms with Crippen LogP contribution in [0.3, 0.4) is 0 Å². The third kappa shape index (κ3) is 7.49. The van der Waals surface area contributed by atoms with Gasteiger partial charge < -0.3 is 20.7 Å². The highest BCUT2D eigenvalue weighted by atomic mass is 16.5. The molecule has 0 fully saturated rings. The summed E-state index contributed by atoms with van der Waals surface area (Å²) >= 11 is 0. The van der Waals surface area contributed by atoms with Gasteiger partial charge in [0.2, 0.25) is 5.91 Å². The highest BCUT2D eigenvalue weighted by Crippen LogP contribution is 2.22. The van der Waals surface area contributed by atoms with Crippen molar-refractivity contribution < 1.29 is 9.53 Å². The summed E-state index contributed by atoms with van der Waals surface area (Å²) in [6, 6.07) is 6.22. The molecule has 1 aromatic rings. The summed E-state index contributed by atoms with van der Waals surface area (Å²) < 4.78 is 6.06. The van der Waals surface area contributed by atoms with Gasteiger partial charge in [-0.3, -0.25) is 9.79 Å². The van der Waals surface area contributed by atoms with Crippen molar-refractivity contribution in [1.29, 1.82) is 0 Å². The number of rotatable bonds is 9. The minimum atomic E-state index is -0.525. The van der Waals surface area contributed by atoms with Crippen molar-refractivity contribution in [3.8, 4) is 5.75 Å². The molecule has 1 unspecified atom stereocenters. The molecule has 1 amide bonds. The van der Waals surface area contributed by atoms with Gasteiger partial charge >= 0.3 is 0 Å². The molecule has 0 aliphatic carbocycles. The van der Waals surface area contributed by atoms with Crippen molar-refractivity contribution in [2.45, 2.75) is 60.6 Å². The lowest BCUT2D eigenvalue weighted by molar-refractivity contribution is -0.128. The van der Waals surface area contributed by atoms with E-state index in [1.165, 1.54) is 5.56 Å². The molecular weight excluding hydrogens is 340 g/mol. The Hall–Kier alpha value is -2.24. The van der Waals surface area contributed by atoms with Crippen LogP contribution in [-0.2, 0) is 11.3 Å². The lowest BCUT2D eigenvalue weighted by atomic mass is 9.92. The van der Waals surface area contributed by atoms with Crippen molar-refractivity contribution in [1.82, 2.24) is 16.0 Å². The van der Waals surface area contributed by atoms with Crippen LogP contribution in [0.5, 0.6) is 5.75 Å². The topological polar surface area (TPSA) is 74.8 Å². The van der Waals surface area contributed by atoms with Crippen LogP contribution in [0.1, 0.15) is 52.2 Å². The van der Waals surface area contributed by atoms with Gasteiger partial charge in [-0.25, -0.2) is 0 Å². The van der Waals surface area contributed by atoms with Crippen molar-refractivity contribution in [2.24, 2.45) is 10.4 Å². The molecule has 1 aromatic carbocycles. The molecule has 3 N–H and O–H groups in total. The minimum absolute atomic E-state index is 0.0238. The predicted molar refractivity (Wildman–Crippen MR) is 112 cm³/mol. The molecule has 0 heterocycles. The molecule has 0 radical (unpaired) electrons. The normalized spacial score (nSPS) is 13.1. The first-order chi connectivity index (χ1) is 12.7. The summed E-state index contributed by atoms with van der Waals surface area (Å²) in [6.45, 7) is 13.7. The molecule has 0 aliphatic heterocycles. The second kappa shape index (κ2) is 10.8. The standard InChI is InChI=1S/C21H36N4O2/c1-8-16(4)27-18-12-15(3)10-11-17(18)13-24-20(22-7)25-14-21(5,6)19(26)23-9-2/h10-12,16H,8-9,13-14H2,1-7H3,(H,23,26)(H2,22,24,25). The van der Waals surface area contributed by atoms with Gasteiger partial charge in [-0.15, -0.1) is 0 Å². The average Bonchev–Trinajstić information content (AvgIpc) is 2.63. The number of carbonyl (C=O) groups excluding carboxylic acids is 1. The molecule has 0 aromatic heterocycles. The Labute approximate surface area is 164 Å². The summed E-state index contributed by atoms with van der Waals surface area (Å²) in [6.07, 6.45) is 1.12. The van der Waals surface area contributed by atoms with Gasteiger partial charge in [0.05, 0.1) is 11.5 Å². The molecule has 1 atom stereocenters. The number of guanidine groups is 1. The summed E-state index contributed by atoms with van der Waals surface area (Å²) in [5.74, 6) is 1.58. The second-order valence-electron chi connectivity index (χ2n) is 7.47. The Kier molecular flexibility index (Phi) is 9.12. The zero-order chi connectivity index (χ0) is 20.4. The molecule has 0 bridgehead atoms. The Bertz CT molecular complexity index is 641. The number of hydrogen-bond acceptors (Lipinski definition) is 3. The number of ether oxygens (including phenoxy) is 1. The highest BCUT2D eigenvalue weighted by Gasteiger charge is 2.27. The molecule has 27 heavy (non-hydrogen) atoms. The molecule has 0 spiro atoms. The van der Waals surface area contributed by atoms with E-state index in [0.29, 0.717) is 25.6 Å². The van der Waals surface area contributed by atoms with Crippen LogP contribution in [0.4, 0.5) is 0 Å². The number of amides is 1. The van der Waals surface area contributed by atoms with Gasteiger partial charge in [0.15, 0.2) is 5.96 Å². The van der Waals surface area contributed by atoms with E-state index in [9.17, 15) is 4.79 Å². The number of carbonyl (C=O) groups is 1. The summed E-state index contributed by atoms with van der Waals surface area (Å²) in [7, 11) is 1.72. The Balaban J connectivity index is 2.71. The fraction of sp³-hybridized carbons (Fsp3) is 0.619. The molecule has 6 nitrogen and oxygen atoms in total. The van der Waals surface area contributed by atoms with Gasteiger partial charge in [0.1, 0.15) is 5.75 Å². The third-order valence-electron chi connectivity index (χ3n) is 4.45. The van der Waals surface area contributed by atoms with Crippen LogP contribution in [0.2, 0.25) is 0 Å². The summed E-state index contributed by atoms with van der Waals surface area (Å²) in [4.78, 5) is 16.4. The van der Waals surface area contributed by atoms with Crippen LogP contribution in [0.25, 0.3) is 0 Å². The second-order valence-corrected chi connectivity index (χ2v) is 7.47. The zero-order valence-electron chi connectivity index (χ0n) is 17.9. The lowest BCUT2D eigenvalue weighted by Crippen LogP contribution is -2.47. The fourth-order valence-electron chi connectivity index (χ4n) is 2.40. The average molecular weight is 377 g/mol. The lowest BCUT2D eigenvalue weighted by Gasteiger charge is -2.25. The number of nitrogens with zero attached hydrogens (tertiary/aromatic N) is 1. The predicted octanol–water partition coefficient (Wildman–Crippen LogP) is 3.00. The molecule has 1 rings (SSSR count). The number of benzene rings is 1. The van der Waals surface area contributed by atoms with Crippen molar-refractivity contribution in [3.63, 3.8) is 0 Å². The molecule has 0 saturated carbocycles. The number of aliphatic imine (C=N–C) groups is 1. The quantitative estimate of drug-likeness (QED) is 0.457. The molecule has 6 heteroatoms. The van der Waals surface area contributed by atoms with E-state index >= 15 is 0 Å². The summed E-state index contributed by atoms with van der Waals surface area (Å²) in [5.41, 5.74) is 1.72. The van der Waals surface area contributed by atoms with Gasteiger partial charge in [0.25, 0.3) is 0 Å². The van der Waals surface area contributed by atoms with Crippen LogP contribution in [0.15, 0.2) is 23.2 Å². The maximum absolute atomic E-state index is 12.1. The Morgan fingerprint density at radius 3 is 2.52 bits per heavy atom. The van der Waals surface area contributed by atoms with Gasteiger partial charge in [-0.05, 0) is 52.7 Å². The monoisotopic (exact) mass is 376 g/mol. The third-order valence-corrected chi connectivity index (χ3v) is 4.45. The smallest absolute Gasteiger partial charge is 0.227 e. The maximum Gasteiger partial charge on any atom is 0.227 e. The highest BCUT2D eigenvalue weighted by molar-refractivity contribution is 5.84. The van der Waals surface area contributed by atoms with Crippen LogP contribution >= 0.6 is 0 Å². The largest absolute Gasteiger partial charge is 0.490 e. The zero-order valence-corrected chi connectivity index (χ0v) is 17.9. The Morgan fingerprint density at radius 1 is 1.22 bits per heavy atom. The molecule has 0 saturated heterocycles. The van der Waals surface area contributed by atoms with E-state index < -0.39 is 5.41 Å². The van der Waals surface area contributed by atoms with Crippen LogP contribution in [0, 0.1) is 12.3 Å². The van der Waals surface area contributed by atoms with E-state index in [0.717, 1.165) is 17.7 Å². The Morgan fingerprint density at radius 2 is 1.93 bits per heavy atom. The van der Waals surface area contributed by atoms with Crippen molar-refractivity contribution >= 4 is 11.9 Å². The number of nitrogens with one attached hydrogen (secondary N) is 3. The van der Waals surface area contributed by atoms with Crippen molar-refractivity contribution in [3.05, 3.63) is 29.3 Å². The maximum atomic E-state index is 12.1. The molecule has 152 valence electrons. The van der Waals surface area contributed by atoms with E-state index in [2.05, 4.69) is 59.9 Å². The molecular formula is C21H36N4O2. The van der Waals surface area contributed by atoms with E-state index in [-0.39, 0.29) is 12.0 Å². The first kappa shape index (κ1) is 22.8. The molecule has 0 aliphatic rings. The van der Waals surface area contributed by atoms with E-state index in [1.54, 1.807) is 7.05 Å². The van der Waals surface area contributed by atoms with E-state index in [4.69, 9.17) is 4.74 Å². The van der Waals surface area contributed by atoms with Gasteiger partial charge in [0, 0.05) is 32.2 Å². The number of hydrogen-bond donors (Lipinski definition) is 3. The number of aryl methyl sites for hydroxylation is 1. The minimum Gasteiger partial charge on any atom is -0.490 e. The van der Waals surface area contributed by atoms with Gasteiger partial charge in [-0.1, -0.05) is 19.1 Å². The van der Waals surface area contributed by atoms with Crippen molar-refractivity contribution in [2.75, 3.05) is 20.1 Å². The van der Waals surface area contributed by atoms with Gasteiger partial charge in [-0.2, -0.15) is 0 Å². The first-order valence-corrected chi connectivity index (χ1v) is 9.72. The first-order valence-electron chi connectivity index (χ1n) is 9.72. The van der Waals surface area contributed by atoms with Crippen LogP contribution in [-0.4, -0.2) is 38.1 Å². The van der Waals surface area contributed by atoms with Crippen LogP contribution < -0.4 is 20.7 Å².